The summed E-state index contributed by atoms with van der Waals surface area (Å²) in [4.78, 5) is 17.0. The topological polar surface area (TPSA) is 68.0 Å². The Morgan fingerprint density at radius 3 is 2.89 bits per heavy atom. The number of benzene rings is 1. The van der Waals surface area contributed by atoms with Crippen molar-refractivity contribution >= 4 is 40.6 Å². The monoisotopic (exact) mass is 293 g/mol. The number of hydrogen-bond acceptors (Lipinski definition) is 4. The van der Waals surface area contributed by atoms with E-state index in [9.17, 15) is 4.79 Å². The van der Waals surface area contributed by atoms with Gasteiger partial charge in [0.1, 0.15) is 5.15 Å². The number of para-hydroxylation sites is 1. The van der Waals surface area contributed by atoms with E-state index < -0.39 is 0 Å². The maximum Gasteiger partial charge on any atom is 0.257 e. The summed E-state index contributed by atoms with van der Waals surface area (Å²) < 4.78 is 0. The number of hydrogen-bond donors (Lipinski definition) is 2. The number of carbonyl (C=O) groups is 1. The van der Waals surface area contributed by atoms with Crippen LogP contribution in [0.15, 0.2) is 41.4 Å². The van der Waals surface area contributed by atoms with Crippen LogP contribution in [0.25, 0.3) is 0 Å². The summed E-state index contributed by atoms with van der Waals surface area (Å²) in [6.45, 7) is 0. The van der Waals surface area contributed by atoms with E-state index in [-0.39, 0.29) is 11.1 Å². The first kappa shape index (κ1) is 13.7. The first-order valence-electron chi connectivity index (χ1n) is 5.47. The predicted molar refractivity (Wildman–Crippen MR) is 79.8 cm³/mol. The molecule has 6 heteroatoms. The quantitative estimate of drug-likeness (QED) is 0.673. The van der Waals surface area contributed by atoms with Gasteiger partial charge in [-0.3, -0.25) is 4.79 Å². The Labute approximate surface area is 120 Å². The van der Waals surface area contributed by atoms with Crippen LogP contribution in [0.1, 0.15) is 10.4 Å². The van der Waals surface area contributed by atoms with Gasteiger partial charge in [-0.2, -0.15) is 0 Å². The molecule has 0 aliphatic carbocycles. The van der Waals surface area contributed by atoms with Gasteiger partial charge < -0.3 is 11.1 Å². The lowest BCUT2D eigenvalue weighted by Crippen LogP contribution is -2.14. The number of nitrogens with zero attached hydrogens (tertiary/aromatic N) is 1. The SMILES string of the molecule is CSc1ccccc1NC(=O)c1cc(Cl)ncc1N. The largest absolute Gasteiger partial charge is 0.397 e. The Morgan fingerprint density at radius 1 is 1.42 bits per heavy atom. The summed E-state index contributed by atoms with van der Waals surface area (Å²) >= 11 is 7.33. The number of nitrogens with one attached hydrogen (secondary N) is 1. The third kappa shape index (κ3) is 3.19. The zero-order valence-electron chi connectivity index (χ0n) is 10.2. The number of rotatable bonds is 3. The smallest absolute Gasteiger partial charge is 0.257 e. The lowest BCUT2D eigenvalue weighted by Gasteiger charge is -2.10. The van der Waals surface area contributed by atoms with Gasteiger partial charge in [0.25, 0.3) is 5.91 Å². The summed E-state index contributed by atoms with van der Waals surface area (Å²) in [5.74, 6) is -0.302. The van der Waals surface area contributed by atoms with Crippen molar-refractivity contribution in [3.63, 3.8) is 0 Å². The molecule has 0 fully saturated rings. The number of amides is 1. The number of nitrogens with two attached hydrogens (primary N) is 1. The molecule has 4 nitrogen and oxygen atoms in total. The Morgan fingerprint density at radius 2 is 2.16 bits per heavy atom. The number of aromatic nitrogens is 1. The molecule has 3 N–H and O–H groups in total. The molecule has 1 aromatic carbocycles. The summed E-state index contributed by atoms with van der Waals surface area (Å²) in [7, 11) is 0. The van der Waals surface area contributed by atoms with Crippen molar-refractivity contribution in [2.75, 3.05) is 17.3 Å². The highest BCUT2D eigenvalue weighted by molar-refractivity contribution is 7.98. The lowest BCUT2D eigenvalue weighted by atomic mass is 10.2. The molecule has 0 spiro atoms. The summed E-state index contributed by atoms with van der Waals surface area (Å²) in [5.41, 5.74) is 7.08. The number of nitrogen functional groups attached to an aromatic ring is 1. The van der Waals surface area contributed by atoms with Crippen molar-refractivity contribution in [3.05, 3.63) is 47.2 Å². The van der Waals surface area contributed by atoms with E-state index in [2.05, 4.69) is 10.3 Å². The average Bonchev–Trinajstić information content (AvgIpc) is 2.42. The van der Waals surface area contributed by atoms with Gasteiger partial charge in [-0.15, -0.1) is 11.8 Å². The number of pyridine rings is 1. The number of carbonyl (C=O) groups excluding carboxylic acids is 1. The summed E-state index contributed by atoms with van der Waals surface area (Å²) in [6.07, 6.45) is 3.32. The molecule has 1 amide bonds. The molecule has 0 aliphatic rings. The minimum atomic E-state index is -0.302. The van der Waals surface area contributed by atoms with Crippen molar-refractivity contribution in [3.8, 4) is 0 Å². The van der Waals surface area contributed by atoms with E-state index >= 15 is 0 Å². The van der Waals surface area contributed by atoms with Crippen LogP contribution in [-0.4, -0.2) is 17.1 Å². The van der Waals surface area contributed by atoms with Gasteiger partial charge in [0.05, 0.1) is 23.1 Å². The van der Waals surface area contributed by atoms with E-state index in [1.54, 1.807) is 11.8 Å². The third-order valence-corrected chi connectivity index (χ3v) is 3.50. The highest BCUT2D eigenvalue weighted by Crippen LogP contribution is 2.26. The second-order valence-corrected chi connectivity index (χ2v) is 4.98. The molecule has 0 atom stereocenters. The van der Waals surface area contributed by atoms with Gasteiger partial charge in [-0.25, -0.2) is 4.98 Å². The minimum Gasteiger partial charge on any atom is -0.397 e. The van der Waals surface area contributed by atoms with Crippen LogP contribution in [-0.2, 0) is 0 Å². The van der Waals surface area contributed by atoms with Crippen LogP contribution in [0.4, 0.5) is 11.4 Å². The fraction of sp³-hybridized carbons (Fsp3) is 0.0769. The minimum absolute atomic E-state index is 0.234. The van der Waals surface area contributed by atoms with E-state index in [1.165, 1.54) is 12.3 Å². The van der Waals surface area contributed by atoms with Crippen LogP contribution in [0.3, 0.4) is 0 Å². The first-order chi connectivity index (χ1) is 9.11. The van der Waals surface area contributed by atoms with Gasteiger partial charge >= 0.3 is 0 Å². The molecule has 0 bridgehead atoms. The Balaban J connectivity index is 2.28. The molecule has 0 radical (unpaired) electrons. The zero-order valence-corrected chi connectivity index (χ0v) is 11.8. The molecule has 98 valence electrons. The fourth-order valence-corrected chi connectivity index (χ4v) is 2.29. The Bertz CT molecular complexity index is 619. The Kier molecular flexibility index (Phi) is 4.29. The predicted octanol–water partition coefficient (Wildman–Crippen LogP) is 3.29. The van der Waals surface area contributed by atoms with E-state index in [1.807, 2.05) is 30.5 Å². The average molecular weight is 294 g/mol. The van der Waals surface area contributed by atoms with E-state index in [4.69, 9.17) is 17.3 Å². The molecule has 2 rings (SSSR count). The standard InChI is InChI=1S/C13H12ClN3OS/c1-19-11-5-3-2-4-10(11)17-13(18)8-6-12(14)16-7-9(8)15/h2-7H,15H2,1H3,(H,17,18). The molecule has 0 saturated heterocycles. The Hall–Kier alpha value is -1.72. The summed E-state index contributed by atoms with van der Waals surface area (Å²) in [5, 5.41) is 3.05. The second-order valence-electron chi connectivity index (χ2n) is 3.75. The van der Waals surface area contributed by atoms with Crippen LogP contribution in [0.2, 0.25) is 5.15 Å². The molecule has 1 heterocycles. The van der Waals surface area contributed by atoms with E-state index in [0.29, 0.717) is 11.3 Å². The highest BCUT2D eigenvalue weighted by Gasteiger charge is 2.12. The number of thioether (sulfide) groups is 1. The van der Waals surface area contributed by atoms with Crippen molar-refractivity contribution in [1.29, 1.82) is 0 Å². The van der Waals surface area contributed by atoms with Crippen LogP contribution >= 0.6 is 23.4 Å². The van der Waals surface area contributed by atoms with Crippen LogP contribution in [0.5, 0.6) is 0 Å². The van der Waals surface area contributed by atoms with Crippen molar-refractivity contribution in [2.24, 2.45) is 0 Å². The zero-order chi connectivity index (χ0) is 13.8. The molecule has 1 aromatic heterocycles. The van der Waals surface area contributed by atoms with Crippen molar-refractivity contribution in [1.82, 2.24) is 4.98 Å². The maximum atomic E-state index is 12.2. The fourth-order valence-electron chi connectivity index (χ4n) is 1.57. The molecule has 0 saturated carbocycles. The van der Waals surface area contributed by atoms with Crippen LogP contribution < -0.4 is 11.1 Å². The van der Waals surface area contributed by atoms with Crippen molar-refractivity contribution in [2.45, 2.75) is 4.90 Å². The molecule has 2 aromatic rings. The third-order valence-electron chi connectivity index (χ3n) is 2.50. The first-order valence-corrected chi connectivity index (χ1v) is 7.07. The van der Waals surface area contributed by atoms with Crippen molar-refractivity contribution < 1.29 is 4.79 Å². The molecular formula is C13H12ClN3OS. The van der Waals surface area contributed by atoms with Gasteiger partial charge in [0, 0.05) is 4.90 Å². The molecule has 0 aliphatic heterocycles. The highest BCUT2D eigenvalue weighted by atomic mass is 35.5. The molecule has 19 heavy (non-hydrogen) atoms. The molecule has 0 unspecified atom stereocenters. The second kappa shape index (κ2) is 5.95. The number of anilines is 2. The summed E-state index contributed by atoms with van der Waals surface area (Å²) in [6, 6.07) is 9.00. The lowest BCUT2D eigenvalue weighted by molar-refractivity contribution is 0.102. The molecular weight excluding hydrogens is 282 g/mol. The van der Waals surface area contributed by atoms with Crippen LogP contribution in [0, 0.1) is 0 Å². The van der Waals surface area contributed by atoms with Gasteiger partial charge in [0.15, 0.2) is 0 Å². The van der Waals surface area contributed by atoms with Gasteiger partial charge in [-0.1, -0.05) is 23.7 Å². The maximum absolute atomic E-state index is 12.2. The van der Waals surface area contributed by atoms with Gasteiger partial charge in [0.2, 0.25) is 0 Å². The van der Waals surface area contributed by atoms with E-state index in [0.717, 1.165) is 10.6 Å². The normalized spacial score (nSPS) is 10.2. The van der Waals surface area contributed by atoms with Gasteiger partial charge in [-0.05, 0) is 24.5 Å². The number of halogens is 1.